The van der Waals surface area contributed by atoms with Gasteiger partial charge in [0.15, 0.2) is 0 Å². The van der Waals surface area contributed by atoms with Crippen LogP contribution in [0, 0.1) is 0 Å². The SMILES string of the molecule is CCc1ccc(C(Cl)C(=O)NC(C)(C)C)s1. The number of nitrogens with one attached hydrogen (secondary N) is 1. The first-order valence-electron chi connectivity index (χ1n) is 5.38. The molecule has 1 atom stereocenters. The molecule has 1 heterocycles. The Hall–Kier alpha value is -0.540. The van der Waals surface area contributed by atoms with Gasteiger partial charge >= 0.3 is 0 Å². The molecule has 16 heavy (non-hydrogen) atoms. The second-order valence-electron chi connectivity index (χ2n) is 4.76. The molecule has 2 nitrogen and oxygen atoms in total. The number of halogens is 1. The van der Waals surface area contributed by atoms with Crippen molar-refractivity contribution in [1.82, 2.24) is 5.32 Å². The van der Waals surface area contributed by atoms with Crippen LogP contribution in [0.4, 0.5) is 0 Å². The molecular weight excluding hydrogens is 242 g/mol. The summed E-state index contributed by atoms with van der Waals surface area (Å²) < 4.78 is 0. The fourth-order valence-electron chi connectivity index (χ4n) is 1.28. The number of hydrogen-bond donors (Lipinski definition) is 1. The molecule has 0 fully saturated rings. The van der Waals surface area contributed by atoms with Gasteiger partial charge in [0.25, 0.3) is 0 Å². The summed E-state index contributed by atoms with van der Waals surface area (Å²) in [5, 5.41) is 2.30. The van der Waals surface area contributed by atoms with Gasteiger partial charge in [-0.25, -0.2) is 0 Å². The topological polar surface area (TPSA) is 29.1 Å². The summed E-state index contributed by atoms with van der Waals surface area (Å²) in [6.45, 7) is 7.93. The van der Waals surface area contributed by atoms with Crippen LogP contribution in [0.1, 0.15) is 42.8 Å². The second-order valence-corrected chi connectivity index (χ2v) is 6.40. The van der Waals surface area contributed by atoms with E-state index >= 15 is 0 Å². The zero-order valence-corrected chi connectivity index (χ0v) is 11.7. The fraction of sp³-hybridized carbons (Fsp3) is 0.583. The molecule has 0 bridgehead atoms. The van der Waals surface area contributed by atoms with Crippen molar-refractivity contribution in [2.75, 3.05) is 0 Å². The van der Waals surface area contributed by atoms with Gasteiger partial charge in [-0.05, 0) is 39.3 Å². The minimum Gasteiger partial charge on any atom is -0.350 e. The minimum absolute atomic E-state index is 0.126. The Kier molecular flexibility index (Phi) is 4.39. The zero-order chi connectivity index (χ0) is 12.3. The average molecular weight is 260 g/mol. The third-order valence-electron chi connectivity index (χ3n) is 2.01. The molecule has 0 aromatic carbocycles. The Morgan fingerprint density at radius 2 is 2.12 bits per heavy atom. The summed E-state index contributed by atoms with van der Waals surface area (Å²) >= 11 is 7.73. The largest absolute Gasteiger partial charge is 0.350 e. The molecule has 0 saturated carbocycles. The lowest BCUT2D eigenvalue weighted by atomic mass is 10.1. The maximum absolute atomic E-state index is 11.8. The summed E-state index contributed by atoms with van der Waals surface area (Å²) in [4.78, 5) is 14.0. The van der Waals surface area contributed by atoms with E-state index in [2.05, 4.69) is 12.2 Å². The minimum atomic E-state index is -0.579. The predicted molar refractivity (Wildman–Crippen MR) is 70.2 cm³/mol. The Bertz CT molecular complexity index is 367. The highest BCUT2D eigenvalue weighted by Gasteiger charge is 2.23. The number of carbonyl (C=O) groups excluding carboxylic acids is 1. The summed E-state index contributed by atoms with van der Waals surface area (Å²) in [6.07, 6.45) is 0.981. The van der Waals surface area contributed by atoms with Crippen LogP contribution in [0.5, 0.6) is 0 Å². The Labute approximate surface area is 106 Å². The van der Waals surface area contributed by atoms with Crippen LogP contribution in [0.2, 0.25) is 0 Å². The van der Waals surface area contributed by atoms with Gasteiger partial charge in [0.1, 0.15) is 5.38 Å². The van der Waals surface area contributed by atoms with E-state index in [1.54, 1.807) is 11.3 Å². The Balaban J connectivity index is 2.70. The lowest BCUT2D eigenvalue weighted by Crippen LogP contribution is -2.42. The lowest BCUT2D eigenvalue weighted by molar-refractivity contribution is -0.122. The maximum Gasteiger partial charge on any atom is 0.243 e. The number of amides is 1. The molecule has 1 aromatic rings. The van der Waals surface area contributed by atoms with Crippen LogP contribution in [-0.2, 0) is 11.2 Å². The molecule has 4 heteroatoms. The molecule has 90 valence electrons. The van der Waals surface area contributed by atoms with Crippen LogP contribution in [0.3, 0.4) is 0 Å². The third kappa shape index (κ3) is 3.80. The third-order valence-corrected chi connectivity index (χ3v) is 3.87. The predicted octanol–water partition coefficient (Wildman–Crippen LogP) is 3.51. The molecule has 0 spiro atoms. The van der Waals surface area contributed by atoms with Gasteiger partial charge < -0.3 is 5.32 Å². The zero-order valence-electron chi connectivity index (χ0n) is 10.1. The first-order valence-corrected chi connectivity index (χ1v) is 6.63. The summed E-state index contributed by atoms with van der Waals surface area (Å²) in [6, 6.07) is 3.96. The molecule has 0 aliphatic carbocycles. The molecular formula is C12H18ClNOS. The van der Waals surface area contributed by atoms with Crippen molar-refractivity contribution >= 4 is 28.8 Å². The first-order chi connectivity index (χ1) is 7.33. The highest BCUT2D eigenvalue weighted by molar-refractivity contribution is 7.12. The highest BCUT2D eigenvalue weighted by Crippen LogP contribution is 2.28. The molecule has 0 aliphatic heterocycles. The van der Waals surface area contributed by atoms with Crippen LogP contribution in [-0.4, -0.2) is 11.4 Å². The molecule has 0 radical (unpaired) electrons. The molecule has 1 aromatic heterocycles. The van der Waals surface area contributed by atoms with E-state index in [-0.39, 0.29) is 11.4 Å². The molecule has 0 aliphatic rings. The van der Waals surface area contributed by atoms with Crippen LogP contribution >= 0.6 is 22.9 Å². The van der Waals surface area contributed by atoms with Crippen LogP contribution in [0.15, 0.2) is 12.1 Å². The molecule has 0 saturated heterocycles. The molecule has 1 amide bonds. The standard InChI is InChI=1S/C12H18ClNOS/c1-5-8-6-7-9(16-8)10(13)11(15)14-12(2,3)4/h6-7,10H,5H2,1-4H3,(H,14,15). The fourth-order valence-corrected chi connectivity index (χ4v) is 2.47. The monoisotopic (exact) mass is 259 g/mol. The van der Waals surface area contributed by atoms with Crippen molar-refractivity contribution < 1.29 is 4.79 Å². The van der Waals surface area contributed by atoms with Crippen molar-refractivity contribution in [2.24, 2.45) is 0 Å². The quantitative estimate of drug-likeness (QED) is 0.827. The van der Waals surface area contributed by atoms with Crippen molar-refractivity contribution in [3.05, 3.63) is 21.9 Å². The summed E-state index contributed by atoms with van der Waals surface area (Å²) in [5.41, 5.74) is -0.241. The van der Waals surface area contributed by atoms with E-state index in [1.807, 2.05) is 32.9 Å². The van der Waals surface area contributed by atoms with Gasteiger partial charge in [0, 0.05) is 15.3 Å². The number of carbonyl (C=O) groups is 1. The van der Waals surface area contributed by atoms with Gasteiger partial charge in [-0.15, -0.1) is 22.9 Å². The number of rotatable bonds is 3. The van der Waals surface area contributed by atoms with E-state index in [4.69, 9.17) is 11.6 Å². The maximum atomic E-state index is 11.8. The lowest BCUT2D eigenvalue weighted by Gasteiger charge is -2.22. The van der Waals surface area contributed by atoms with E-state index < -0.39 is 5.38 Å². The van der Waals surface area contributed by atoms with E-state index in [9.17, 15) is 4.79 Å². The number of thiophene rings is 1. The average Bonchev–Trinajstić information content (AvgIpc) is 2.61. The highest BCUT2D eigenvalue weighted by atomic mass is 35.5. The second kappa shape index (κ2) is 5.19. The van der Waals surface area contributed by atoms with Crippen molar-refractivity contribution in [1.29, 1.82) is 0 Å². The summed E-state index contributed by atoms with van der Waals surface area (Å²) in [5.74, 6) is -0.126. The number of alkyl halides is 1. The van der Waals surface area contributed by atoms with Gasteiger partial charge in [-0.2, -0.15) is 0 Å². The van der Waals surface area contributed by atoms with Gasteiger partial charge in [-0.1, -0.05) is 6.92 Å². The van der Waals surface area contributed by atoms with Crippen LogP contribution in [0.25, 0.3) is 0 Å². The summed E-state index contributed by atoms with van der Waals surface area (Å²) in [7, 11) is 0. The van der Waals surface area contributed by atoms with Crippen molar-refractivity contribution in [3.8, 4) is 0 Å². The van der Waals surface area contributed by atoms with Crippen molar-refractivity contribution in [3.63, 3.8) is 0 Å². The molecule has 1 unspecified atom stereocenters. The van der Waals surface area contributed by atoms with E-state index in [0.29, 0.717) is 0 Å². The Morgan fingerprint density at radius 1 is 1.50 bits per heavy atom. The Morgan fingerprint density at radius 3 is 2.56 bits per heavy atom. The van der Waals surface area contributed by atoms with Crippen LogP contribution < -0.4 is 5.32 Å². The molecule has 1 rings (SSSR count). The smallest absolute Gasteiger partial charge is 0.243 e. The van der Waals surface area contributed by atoms with Gasteiger partial charge in [0.2, 0.25) is 5.91 Å². The van der Waals surface area contributed by atoms with E-state index in [0.717, 1.165) is 11.3 Å². The molecule has 1 N–H and O–H groups in total. The first kappa shape index (κ1) is 13.5. The number of aryl methyl sites for hydroxylation is 1. The normalized spacial score (nSPS) is 13.6. The van der Waals surface area contributed by atoms with Gasteiger partial charge in [-0.3, -0.25) is 4.79 Å². The van der Waals surface area contributed by atoms with Crippen molar-refractivity contribution in [2.45, 2.75) is 45.0 Å². The number of hydrogen-bond acceptors (Lipinski definition) is 2. The van der Waals surface area contributed by atoms with E-state index in [1.165, 1.54) is 4.88 Å². The van der Waals surface area contributed by atoms with Gasteiger partial charge in [0.05, 0.1) is 0 Å².